The van der Waals surface area contributed by atoms with Crippen LogP contribution >= 0.6 is 15.6 Å². The zero-order valence-electron chi connectivity index (χ0n) is 65.1. The van der Waals surface area contributed by atoms with Crippen molar-refractivity contribution in [3.8, 4) is 0 Å². The standard InChI is InChI=1S/C87H142O16P2/c1-4-7-10-13-16-19-22-25-28-31-33-35-37-39-40-42-44-45-47-50-52-55-58-61-64-67-70-73-85(90)97-76-82(88)77-99-104(93,94)100-78-83(89)79-101-105(95,96)102-81-84(103-87(92)75-72-69-66-63-60-57-54-49-30-27-24-21-18-15-12-9-6-3)80-98-86(91)74-71-68-65-62-59-56-53-51-48-46-43-41-38-36-34-32-29-26-23-20-17-14-11-8-5-2/h7-12,16-21,25-30,33-36,39-41,43-45,48,51,82-84,88-89H,4-6,13-15,22-24,31-32,37-38,42,46-47,49-50,52-81H2,1-3H3,(H,93,94)(H,95,96)/b10-7-,11-8-,12-9-,19-16-,20-17-,21-18-,28-25-,29-26-,30-27-,35-33-,36-34-,40-39-,43-41-,45-44-,51-48-. The number of rotatable bonds is 74. The lowest BCUT2D eigenvalue weighted by atomic mass is 10.1. The molecule has 18 heteroatoms. The minimum absolute atomic E-state index is 0.0830. The van der Waals surface area contributed by atoms with Gasteiger partial charge in [0.05, 0.1) is 26.4 Å². The molecule has 0 aromatic rings. The van der Waals surface area contributed by atoms with Gasteiger partial charge in [-0.25, -0.2) is 9.13 Å². The number of carbonyl (C=O) groups excluding carboxylic acids is 3. The zero-order valence-corrected chi connectivity index (χ0v) is 66.9. The lowest BCUT2D eigenvalue weighted by Gasteiger charge is -2.21. The van der Waals surface area contributed by atoms with Crippen molar-refractivity contribution in [2.75, 3.05) is 39.6 Å². The normalized spacial score (nSPS) is 14.9. The molecule has 16 nitrogen and oxygen atoms in total. The highest BCUT2D eigenvalue weighted by Crippen LogP contribution is 2.45. The van der Waals surface area contributed by atoms with Gasteiger partial charge in [0.25, 0.3) is 0 Å². The summed E-state index contributed by atoms with van der Waals surface area (Å²) in [6.07, 6.45) is 101. The molecule has 4 N–H and O–H groups in total. The summed E-state index contributed by atoms with van der Waals surface area (Å²) in [7, 11) is -9.82. The topological polar surface area (TPSA) is 231 Å². The van der Waals surface area contributed by atoms with Crippen LogP contribution in [0.4, 0.5) is 0 Å². The summed E-state index contributed by atoms with van der Waals surface area (Å²) in [5.74, 6) is -1.62. The molecule has 0 amide bonds. The van der Waals surface area contributed by atoms with Gasteiger partial charge >= 0.3 is 33.6 Å². The molecule has 0 rings (SSSR count). The van der Waals surface area contributed by atoms with E-state index >= 15 is 0 Å². The van der Waals surface area contributed by atoms with E-state index in [1.807, 2.05) is 0 Å². The molecular weight excluding hydrogens is 1360 g/mol. The van der Waals surface area contributed by atoms with E-state index in [1.165, 1.54) is 19.3 Å². The minimum atomic E-state index is -4.95. The molecule has 0 saturated carbocycles. The van der Waals surface area contributed by atoms with Crippen LogP contribution in [-0.4, -0.2) is 95.9 Å². The third-order valence-electron chi connectivity index (χ3n) is 16.1. The lowest BCUT2D eigenvalue weighted by Crippen LogP contribution is -2.30. The van der Waals surface area contributed by atoms with E-state index in [2.05, 4.69) is 203 Å². The van der Waals surface area contributed by atoms with Gasteiger partial charge in [0.1, 0.15) is 25.4 Å². The second-order valence-corrected chi connectivity index (χ2v) is 29.0. The first-order valence-corrected chi connectivity index (χ1v) is 43.1. The summed E-state index contributed by atoms with van der Waals surface area (Å²) in [4.78, 5) is 58.7. The van der Waals surface area contributed by atoms with Crippen molar-refractivity contribution >= 4 is 33.6 Å². The fourth-order valence-electron chi connectivity index (χ4n) is 10.1. The summed E-state index contributed by atoms with van der Waals surface area (Å²) in [5.41, 5.74) is 0. The molecule has 0 spiro atoms. The van der Waals surface area contributed by atoms with Gasteiger partial charge in [0, 0.05) is 19.3 Å². The van der Waals surface area contributed by atoms with Crippen LogP contribution in [0.5, 0.6) is 0 Å². The molecule has 596 valence electrons. The van der Waals surface area contributed by atoms with Crippen LogP contribution in [0.15, 0.2) is 182 Å². The van der Waals surface area contributed by atoms with E-state index in [0.717, 1.165) is 212 Å². The van der Waals surface area contributed by atoms with Gasteiger partial charge in [-0.1, -0.05) is 299 Å². The first-order chi connectivity index (χ1) is 51.2. The number of esters is 3. The summed E-state index contributed by atoms with van der Waals surface area (Å²) >= 11 is 0. The predicted octanol–water partition coefficient (Wildman–Crippen LogP) is 23.8. The first kappa shape index (κ1) is 99.7. The first-order valence-electron chi connectivity index (χ1n) is 40.1. The van der Waals surface area contributed by atoms with E-state index in [-0.39, 0.29) is 19.3 Å². The monoisotopic (exact) mass is 1500 g/mol. The van der Waals surface area contributed by atoms with Crippen LogP contribution in [0, 0.1) is 0 Å². The van der Waals surface area contributed by atoms with Crippen molar-refractivity contribution in [2.45, 2.75) is 309 Å². The Balaban J connectivity index is 4.66. The molecule has 105 heavy (non-hydrogen) atoms. The van der Waals surface area contributed by atoms with Crippen molar-refractivity contribution in [2.24, 2.45) is 0 Å². The largest absolute Gasteiger partial charge is 0.472 e. The van der Waals surface area contributed by atoms with Crippen molar-refractivity contribution in [3.05, 3.63) is 182 Å². The second kappa shape index (κ2) is 78.2. The highest BCUT2D eigenvalue weighted by molar-refractivity contribution is 7.47. The Morgan fingerprint density at radius 1 is 0.267 bits per heavy atom. The van der Waals surface area contributed by atoms with Gasteiger partial charge in [0.2, 0.25) is 0 Å². The number of hydrogen-bond donors (Lipinski definition) is 4. The Morgan fingerprint density at radius 2 is 0.476 bits per heavy atom. The van der Waals surface area contributed by atoms with Crippen LogP contribution < -0.4 is 0 Å². The quantitative estimate of drug-likeness (QED) is 0.0146. The smallest absolute Gasteiger partial charge is 0.463 e. The summed E-state index contributed by atoms with van der Waals surface area (Å²) < 4.78 is 61.2. The fourth-order valence-corrected chi connectivity index (χ4v) is 11.7. The highest BCUT2D eigenvalue weighted by Gasteiger charge is 2.29. The molecule has 0 aromatic heterocycles. The maximum absolute atomic E-state index is 13.0. The molecule has 0 bridgehead atoms. The third-order valence-corrected chi connectivity index (χ3v) is 18.0. The van der Waals surface area contributed by atoms with Crippen molar-refractivity contribution in [3.63, 3.8) is 0 Å². The zero-order chi connectivity index (χ0) is 76.6. The lowest BCUT2D eigenvalue weighted by molar-refractivity contribution is -0.161. The van der Waals surface area contributed by atoms with Crippen LogP contribution in [0.3, 0.4) is 0 Å². The average molecular weight is 1510 g/mol. The number of phosphoric acid groups is 2. The molecule has 0 aromatic carbocycles. The molecule has 0 heterocycles. The number of aliphatic hydroxyl groups is 2. The average Bonchev–Trinajstić information content (AvgIpc) is 0.911. The van der Waals surface area contributed by atoms with Crippen LogP contribution in [-0.2, 0) is 55.8 Å². The molecule has 5 unspecified atom stereocenters. The predicted molar refractivity (Wildman–Crippen MR) is 435 cm³/mol. The maximum Gasteiger partial charge on any atom is 0.472 e. The number of hydrogen-bond acceptors (Lipinski definition) is 14. The van der Waals surface area contributed by atoms with E-state index in [4.69, 9.17) is 32.3 Å². The minimum Gasteiger partial charge on any atom is -0.463 e. The van der Waals surface area contributed by atoms with E-state index in [1.54, 1.807) is 0 Å². The van der Waals surface area contributed by atoms with Crippen LogP contribution in [0.2, 0.25) is 0 Å². The summed E-state index contributed by atoms with van der Waals surface area (Å²) in [5, 5.41) is 20.7. The third kappa shape index (κ3) is 79.5. The maximum atomic E-state index is 13.0. The number of carbonyl (C=O) groups is 3. The number of aliphatic hydroxyl groups excluding tert-OH is 2. The Bertz CT molecular complexity index is 2640. The molecule has 0 aliphatic carbocycles. The van der Waals surface area contributed by atoms with E-state index in [0.29, 0.717) is 19.3 Å². The molecule has 0 aliphatic rings. The molecular formula is C87H142O16P2. The number of phosphoric ester groups is 2. The molecule has 0 fully saturated rings. The molecule has 0 saturated heterocycles. The van der Waals surface area contributed by atoms with Crippen molar-refractivity contribution in [1.29, 1.82) is 0 Å². The van der Waals surface area contributed by atoms with Crippen LogP contribution in [0.25, 0.3) is 0 Å². The molecule has 5 atom stereocenters. The Morgan fingerprint density at radius 3 is 0.752 bits per heavy atom. The van der Waals surface area contributed by atoms with E-state index < -0.39 is 91.5 Å². The van der Waals surface area contributed by atoms with Crippen molar-refractivity contribution < 1.29 is 75.8 Å². The Kier molecular flexibility index (Phi) is 74.3. The van der Waals surface area contributed by atoms with Gasteiger partial charge in [-0.2, -0.15) is 0 Å². The van der Waals surface area contributed by atoms with Gasteiger partial charge in [-0.3, -0.25) is 32.5 Å². The summed E-state index contributed by atoms with van der Waals surface area (Å²) in [6.45, 7) is 2.29. The van der Waals surface area contributed by atoms with Crippen LogP contribution in [0.1, 0.15) is 290 Å². The van der Waals surface area contributed by atoms with E-state index in [9.17, 15) is 43.5 Å². The van der Waals surface area contributed by atoms with Crippen molar-refractivity contribution in [1.82, 2.24) is 0 Å². The SMILES string of the molecule is CC/C=C\C/C=C\C/C=C\C/C=C\C/C=C\C/C=C\CCCCCCCCCCC(=O)OCC(O)COP(=O)(O)OCC(O)COP(=O)(O)OCC(COC(=O)CCCCCCCC/C=C\C/C=C\C/C=C\C/C=C\C/C=C\C/C=C\CC)OC(=O)CCCCCCCCC/C=C\C/C=C\C/C=C\CC. The molecule has 0 radical (unpaired) electrons. The number of allylic oxidation sites excluding steroid dienone is 30. The van der Waals surface area contributed by atoms with Gasteiger partial charge < -0.3 is 34.2 Å². The fraction of sp³-hybridized carbons (Fsp3) is 0.621. The highest BCUT2D eigenvalue weighted by atomic mass is 31.2. The van der Waals surface area contributed by atoms with Gasteiger partial charge in [-0.15, -0.1) is 0 Å². The molecule has 0 aliphatic heterocycles. The number of ether oxygens (including phenoxy) is 3. The van der Waals surface area contributed by atoms with Gasteiger partial charge in [-0.05, 0) is 154 Å². The van der Waals surface area contributed by atoms with Gasteiger partial charge in [0.15, 0.2) is 6.10 Å². The second-order valence-electron chi connectivity index (χ2n) is 26.1. The Hall–Kier alpha value is -5.35. The Labute approximate surface area is 636 Å². The summed E-state index contributed by atoms with van der Waals surface area (Å²) in [6, 6.07) is 0. The number of unbranched alkanes of at least 4 members (excludes halogenated alkanes) is 21.